The molecule has 1 fully saturated rings. The lowest BCUT2D eigenvalue weighted by Crippen LogP contribution is -2.29. The minimum absolute atomic E-state index is 0.00114. The summed E-state index contributed by atoms with van der Waals surface area (Å²) in [7, 11) is -3.41. The first-order valence-electron chi connectivity index (χ1n) is 7.44. The van der Waals surface area contributed by atoms with E-state index in [1.165, 1.54) is 11.3 Å². The lowest BCUT2D eigenvalue weighted by Gasteiger charge is -2.06. The smallest absolute Gasteiger partial charge is 0.250 e. The van der Waals surface area contributed by atoms with Crippen molar-refractivity contribution in [1.29, 1.82) is 0 Å². The van der Waals surface area contributed by atoms with Gasteiger partial charge in [-0.1, -0.05) is 34.6 Å². The minimum Gasteiger partial charge on any atom is -0.312 e. The molecule has 2 rings (SSSR count). The van der Waals surface area contributed by atoms with Crippen LogP contribution in [0.2, 0.25) is 0 Å². The molecule has 2 N–H and O–H groups in total. The van der Waals surface area contributed by atoms with Crippen molar-refractivity contribution >= 4 is 21.4 Å². The summed E-state index contributed by atoms with van der Waals surface area (Å²) >= 11 is 1.35. The molecule has 4 nitrogen and oxygen atoms in total. The van der Waals surface area contributed by atoms with E-state index in [4.69, 9.17) is 0 Å². The topological polar surface area (TPSA) is 58.2 Å². The number of nitrogens with one attached hydrogen (secondary N) is 2. The Hall–Kier alpha value is -0.430. The summed E-state index contributed by atoms with van der Waals surface area (Å²) in [5.74, 6) is 0. The Bertz CT molecular complexity index is 589. The molecule has 0 amide bonds. The van der Waals surface area contributed by atoms with Crippen LogP contribution in [-0.4, -0.2) is 21.0 Å². The predicted molar refractivity (Wildman–Crippen MR) is 88.0 cm³/mol. The highest BCUT2D eigenvalue weighted by Gasteiger charge is 2.66. The number of hydrogen-bond donors (Lipinski definition) is 2. The SMILES string of the molecule is CCCNCc1ccc(S(=O)(=O)NC2C(C)(C)C2(C)C)s1. The highest BCUT2D eigenvalue weighted by molar-refractivity contribution is 7.91. The first-order chi connectivity index (χ1) is 9.63. The molecule has 0 atom stereocenters. The molecule has 0 unspecified atom stereocenters. The Morgan fingerprint density at radius 1 is 1.19 bits per heavy atom. The fourth-order valence-corrected chi connectivity index (χ4v) is 5.56. The molecule has 0 radical (unpaired) electrons. The molecular formula is C15H26N2O2S2. The minimum atomic E-state index is -3.41. The Balaban J connectivity index is 2.04. The lowest BCUT2D eigenvalue weighted by molar-refractivity contribution is 0.457. The van der Waals surface area contributed by atoms with Crippen LogP contribution in [0.3, 0.4) is 0 Å². The average molecular weight is 331 g/mol. The van der Waals surface area contributed by atoms with E-state index in [1.54, 1.807) is 6.07 Å². The van der Waals surface area contributed by atoms with Gasteiger partial charge in [-0.3, -0.25) is 0 Å². The van der Waals surface area contributed by atoms with Crippen LogP contribution in [0.5, 0.6) is 0 Å². The second-order valence-corrected chi connectivity index (χ2v) is 10.0. The number of hydrogen-bond acceptors (Lipinski definition) is 4. The van der Waals surface area contributed by atoms with Crippen molar-refractivity contribution in [3.05, 3.63) is 17.0 Å². The predicted octanol–water partition coefficient (Wildman–Crippen LogP) is 2.96. The van der Waals surface area contributed by atoms with Crippen molar-refractivity contribution in [1.82, 2.24) is 10.0 Å². The summed E-state index contributed by atoms with van der Waals surface area (Å²) in [6.45, 7) is 12.2. The van der Waals surface area contributed by atoms with Gasteiger partial charge in [-0.2, -0.15) is 0 Å². The van der Waals surface area contributed by atoms with E-state index >= 15 is 0 Å². The van der Waals surface area contributed by atoms with Gasteiger partial charge in [0, 0.05) is 17.5 Å². The molecule has 6 heteroatoms. The number of rotatable bonds is 7. The fraction of sp³-hybridized carbons (Fsp3) is 0.733. The summed E-state index contributed by atoms with van der Waals surface area (Å²) in [6, 6.07) is 3.60. The van der Waals surface area contributed by atoms with Gasteiger partial charge in [0.15, 0.2) is 0 Å². The average Bonchev–Trinajstić information content (AvgIpc) is 2.78. The van der Waals surface area contributed by atoms with E-state index in [9.17, 15) is 8.42 Å². The Morgan fingerprint density at radius 3 is 2.33 bits per heavy atom. The standard InChI is InChI=1S/C15H26N2O2S2/c1-6-9-16-10-11-7-8-12(20-11)21(18,19)17-13-14(2,3)15(13,4)5/h7-8,13,16-17H,6,9-10H2,1-5H3. The van der Waals surface area contributed by atoms with Gasteiger partial charge in [0.1, 0.15) is 4.21 Å². The third-order valence-electron chi connectivity index (χ3n) is 4.92. The highest BCUT2D eigenvalue weighted by Crippen LogP contribution is 2.63. The summed E-state index contributed by atoms with van der Waals surface area (Å²) in [6.07, 6.45) is 1.07. The van der Waals surface area contributed by atoms with Crippen molar-refractivity contribution in [2.45, 2.75) is 57.8 Å². The Kier molecular flexibility index (Phi) is 4.55. The molecule has 21 heavy (non-hydrogen) atoms. The summed E-state index contributed by atoms with van der Waals surface area (Å²) in [5.41, 5.74) is 0.00564. The largest absolute Gasteiger partial charge is 0.312 e. The maximum absolute atomic E-state index is 12.5. The van der Waals surface area contributed by atoms with Gasteiger partial charge in [-0.05, 0) is 35.9 Å². The van der Waals surface area contributed by atoms with Gasteiger partial charge in [-0.25, -0.2) is 13.1 Å². The molecule has 0 aliphatic heterocycles. The van der Waals surface area contributed by atoms with E-state index in [-0.39, 0.29) is 16.9 Å². The van der Waals surface area contributed by atoms with Crippen LogP contribution in [0.15, 0.2) is 16.3 Å². The Labute approximate surface area is 132 Å². The third kappa shape index (κ3) is 3.18. The van der Waals surface area contributed by atoms with Crippen LogP contribution in [-0.2, 0) is 16.6 Å². The maximum atomic E-state index is 12.5. The van der Waals surface area contributed by atoms with Crippen LogP contribution < -0.4 is 10.0 Å². The van der Waals surface area contributed by atoms with Crippen LogP contribution in [0, 0.1) is 10.8 Å². The highest BCUT2D eigenvalue weighted by atomic mass is 32.2. The van der Waals surface area contributed by atoms with Gasteiger partial charge in [0.2, 0.25) is 10.0 Å². The molecule has 0 aromatic carbocycles. The first kappa shape index (κ1) is 16.9. The van der Waals surface area contributed by atoms with Gasteiger partial charge >= 0.3 is 0 Å². The van der Waals surface area contributed by atoms with Crippen molar-refractivity contribution in [2.75, 3.05) is 6.54 Å². The lowest BCUT2D eigenvalue weighted by atomic mass is 10.0. The second-order valence-electron chi connectivity index (χ2n) is 6.90. The number of sulfonamides is 1. The molecule has 0 spiro atoms. The van der Waals surface area contributed by atoms with Gasteiger partial charge in [0.05, 0.1) is 0 Å². The molecule has 1 aromatic rings. The van der Waals surface area contributed by atoms with Gasteiger partial charge < -0.3 is 5.32 Å². The van der Waals surface area contributed by atoms with Crippen molar-refractivity contribution < 1.29 is 8.42 Å². The normalized spacial score (nSPS) is 20.6. The van der Waals surface area contributed by atoms with Gasteiger partial charge in [0.25, 0.3) is 0 Å². The third-order valence-corrected chi connectivity index (χ3v) is 7.92. The fourth-order valence-electron chi connectivity index (χ4n) is 2.69. The molecule has 0 saturated heterocycles. The van der Waals surface area contributed by atoms with Crippen molar-refractivity contribution in [2.24, 2.45) is 10.8 Å². The van der Waals surface area contributed by atoms with Gasteiger partial charge in [-0.15, -0.1) is 11.3 Å². The molecule has 1 aromatic heterocycles. The first-order valence-corrected chi connectivity index (χ1v) is 9.74. The van der Waals surface area contributed by atoms with Crippen LogP contribution in [0.25, 0.3) is 0 Å². The Morgan fingerprint density at radius 2 is 1.81 bits per heavy atom. The van der Waals surface area contributed by atoms with E-state index < -0.39 is 10.0 Å². The molecule has 0 bridgehead atoms. The molecule has 1 aliphatic carbocycles. The summed E-state index contributed by atoms with van der Waals surface area (Å²) < 4.78 is 28.2. The van der Waals surface area contributed by atoms with Crippen LogP contribution >= 0.6 is 11.3 Å². The quantitative estimate of drug-likeness (QED) is 0.756. The molecular weight excluding hydrogens is 304 g/mol. The van der Waals surface area contributed by atoms with Crippen LogP contribution in [0.4, 0.5) is 0 Å². The molecule has 1 aliphatic rings. The van der Waals surface area contributed by atoms with Crippen molar-refractivity contribution in [3.8, 4) is 0 Å². The van der Waals surface area contributed by atoms with E-state index in [1.807, 2.05) is 6.07 Å². The molecule has 1 heterocycles. The van der Waals surface area contributed by atoms with Crippen LogP contribution in [0.1, 0.15) is 45.9 Å². The monoisotopic (exact) mass is 330 g/mol. The van der Waals surface area contributed by atoms with Crippen molar-refractivity contribution in [3.63, 3.8) is 0 Å². The summed E-state index contributed by atoms with van der Waals surface area (Å²) in [5, 5.41) is 3.29. The summed E-state index contributed by atoms with van der Waals surface area (Å²) in [4.78, 5) is 1.05. The second kappa shape index (κ2) is 5.65. The zero-order valence-corrected chi connectivity index (χ0v) is 15.1. The van der Waals surface area contributed by atoms with E-state index in [0.29, 0.717) is 4.21 Å². The molecule has 120 valence electrons. The maximum Gasteiger partial charge on any atom is 0.250 e. The number of thiophene rings is 1. The zero-order valence-electron chi connectivity index (χ0n) is 13.5. The van der Waals surface area contributed by atoms with E-state index in [2.05, 4.69) is 44.7 Å². The van der Waals surface area contributed by atoms with E-state index in [0.717, 1.165) is 24.4 Å². The zero-order chi connectivity index (χ0) is 15.9. The molecule has 1 saturated carbocycles.